The Morgan fingerprint density at radius 2 is 1.42 bits per heavy atom. The van der Waals surface area contributed by atoms with E-state index in [0.29, 0.717) is 0 Å². The van der Waals surface area contributed by atoms with Gasteiger partial charge in [-0.25, -0.2) is 9.59 Å². The van der Waals surface area contributed by atoms with E-state index >= 15 is 0 Å². The molecule has 0 saturated carbocycles. The SMILES string of the molecule is COC(=O)C(C(=O)OC)[C@H](C)[C@H](NC(=O)CNC(=O)OCc1ccccc1)C(=O)OC. The maximum atomic E-state index is 12.2. The molecule has 0 saturated heterocycles. The molecule has 31 heavy (non-hydrogen) atoms. The average molecular weight is 438 g/mol. The lowest BCUT2D eigenvalue weighted by molar-refractivity contribution is -0.163. The van der Waals surface area contributed by atoms with Crippen LogP contribution in [0.5, 0.6) is 0 Å². The molecule has 2 atom stereocenters. The first-order chi connectivity index (χ1) is 14.7. The normalized spacial score (nSPS) is 12.2. The van der Waals surface area contributed by atoms with Gasteiger partial charge in [-0.1, -0.05) is 37.3 Å². The van der Waals surface area contributed by atoms with E-state index in [4.69, 9.17) is 4.74 Å². The molecular formula is C20H26N2O9. The number of ether oxygens (including phenoxy) is 4. The van der Waals surface area contributed by atoms with Crippen LogP contribution in [0.1, 0.15) is 12.5 Å². The van der Waals surface area contributed by atoms with Gasteiger partial charge in [0.2, 0.25) is 5.91 Å². The van der Waals surface area contributed by atoms with Crippen LogP contribution in [0.2, 0.25) is 0 Å². The summed E-state index contributed by atoms with van der Waals surface area (Å²) in [6.45, 7) is 0.868. The lowest BCUT2D eigenvalue weighted by Crippen LogP contribution is -2.52. The molecule has 0 aliphatic heterocycles. The van der Waals surface area contributed by atoms with E-state index < -0.39 is 54.3 Å². The number of rotatable bonds is 10. The Bertz CT molecular complexity index is 766. The monoisotopic (exact) mass is 438 g/mol. The topological polar surface area (TPSA) is 146 Å². The van der Waals surface area contributed by atoms with Gasteiger partial charge in [0.1, 0.15) is 19.2 Å². The number of methoxy groups -OCH3 is 3. The molecule has 0 radical (unpaired) electrons. The Labute approximate surface area is 179 Å². The van der Waals surface area contributed by atoms with Crippen LogP contribution in [0, 0.1) is 11.8 Å². The largest absolute Gasteiger partial charge is 0.468 e. The molecule has 0 unspecified atom stereocenters. The zero-order valence-electron chi connectivity index (χ0n) is 17.7. The summed E-state index contributed by atoms with van der Waals surface area (Å²) in [5.74, 6) is -6.10. The minimum atomic E-state index is -1.48. The number of alkyl carbamates (subject to hydrolysis) is 1. The molecule has 170 valence electrons. The molecule has 2 amide bonds. The van der Waals surface area contributed by atoms with Crippen LogP contribution in [0.3, 0.4) is 0 Å². The molecule has 11 heteroatoms. The molecule has 2 N–H and O–H groups in total. The molecule has 0 spiro atoms. The minimum absolute atomic E-state index is 0.00997. The van der Waals surface area contributed by atoms with Crippen LogP contribution in [-0.2, 0) is 44.7 Å². The van der Waals surface area contributed by atoms with Gasteiger partial charge >= 0.3 is 24.0 Å². The third kappa shape index (κ3) is 7.96. The molecular weight excluding hydrogens is 412 g/mol. The lowest BCUT2D eigenvalue weighted by Gasteiger charge is -2.27. The number of amides is 2. The van der Waals surface area contributed by atoms with E-state index in [2.05, 4.69) is 24.8 Å². The Morgan fingerprint density at radius 3 is 1.94 bits per heavy atom. The van der Waals surface area contributed by atoms with Crippen LogP contribution >= 0.6 is 0 Å². The first-order valence-electron chi connectivity index (χ1n) is 9.22. The van der Waals surface area contributed by atoms with Gasteiger partial charge in [-0.15, -0.1) is 0 Å². The van der Waals surface area contributed by atoms with Crippen molar-refractivity contribution in [2.75, 3.05) is 27.9 Å². The van der Waals surface area contributed by atoms with Crippen LogP contribution in [-0.4, -0.2) is 63.8 Å². The Balaban J connectivity index is 2.72. The fourth-order valence-corrected chi connectivity index (χ4v) is 2.65. The van der Waals surface area contributed by atoms with Crippen molar-refractivity contribution in [2.45, 2.75) is 19.6 Å². The third-order valence-corrected chi connectivity index (χ3v) is 4.34. The molecule has 0 aliphatic rings. The minimum Gasteiger partial charge on any atom is -0.468 e. The van der Waals surface area contributed by atoms with E-state index in [1.165, 1.54) is 6.92 Å². The molecule has 0 aromatic heterocycles. The number of carbonyl (C=O) groups is 5. The highest BCUT2D eigenvalue weighted by atomic mass is 16.6. The summed E-state index contributed by atoms with van der Waals surface area (Å²) in [5.41, 5.74) is 0.762. The standard InChI is InChI=1S/C20H26N2O9/c1-12(15(17(24)28-2)18(25)29-3)16(19(26)30-4)22-14(23)10-21-20(27)31-11-13-8-6-5-7-9-13/h5-9,12,15-16H,10-11H2,1-4H3,(H,21,27)(H,22,23)/t12-,16-/m0/s1. The fraction of sp³-hybridized carbons (Fsp3) is 0.450. The number of hydrogen-bond donors (Lipinski definition) is 2. The fourth-order valence-electron chi connectivity index (χ4n) is 2.65. The van der Waals surface area contributed by atoms with E-state index in [9.17, 15) is 24.0 Å². The highest BCUT2D eigenvalue weighted by Crippen LogP contribution is 2.20. The van der Waals surface area contributed by atoms with Crippen molar-refractivity contribution >= 4 is 29.9 Å². The van der Waals surface area contributed by atoms with Crippen molar-refractivity contribution in [1.29, 1.82) is 0 Å². The highest BCUT2D eigenvalue weighted by Gasteiger charge is 2.42. The smallest absolute Gasteiger partial charge is 0.407 e. The Hall–Kier alpha value is -3.63. The van der Waals surface area contributed by atoms with E-state index in [-0.39, 0.29) is 6.61 Å². The Kier molecular flexibility index (Phi) is 10.5. The molecule has 0 heterocycles. The summed E-state index contributed by atoms with van der Waals surface area (Å²) in [5, 5.41) is 4.58. The number of nitrogens with one attached hydrogen (secondary N) is 2. The van der Waals surface area contributed by atoms with Gasteiger partial charge in [0.15, 0.2) is 5.92 Å². The summed E-state index contributed by atoms with van der Waals surface area (Å²) in [4.78, 5) is 60.2. The van der Waals surface area contributed by atoms with Crippen molar-refractivity contribution in [3.8, 4) is 0 Å². The van der Waals surface area contributed by atoms with Gasteiger partial charge in [0, 0.05) is 5.92 Å². The second kappa shape index (κ2) is 12.8. The first kappa shape index (κ1) is 25.4. The van der Waals surface area contributed by atoms with Crippen LogP contribution < -0.4 is 10.6 Å². The van der Waals surface area contributed by atoms with Gasteiger partial charge in [0.05, 0.1) is 21.3 Å². The van der Waals surface area contributed by atoms with Crippen LogP contribution in [0.4, 0.5) is 4.79 Å². The summed E-state index contributed by atoms with van der Waals surface area (Å²) in [6.07, 6.45) is -0.844. The second-order valence-electron chi connectivity index (χ2n) is 6.37. The quantitative estimate of drug-likeness (QED) is 0.296. The van der Waals surface area contributed by atoms with Crippen molar-refractivity contribution in [3.63, 3.8) is 0 Å². The molecule has 0 bridgehead atoms. The lowest BCUT2D eigenvalue weighted by atomic mass is 9.87. The first-order valence-corrected chi connectivity index (χ1v) is 9.22. The zero-order chi connectivity index (χ0) is 23.4. The Morgan fingerprint density at radius 1 is 0.871 bits per heavy atom. The summed E-state index contributed by atoms with van der Waals surface area (Å²) < 4.78 is 18.8. The number of carbonyl (C=O) groups excluding carboxylic acids is 5. The maximum absolute atomic E-state index is 12.2. The summed E-state index contributed by atoms with van der Waals surface area (Å²) >= 11 is 0. The van der Waals surface area contributed by atoms with Crippen molar-refractivity contribution < 1.29 is 42.9 Å². The molecule has 0 fully saturated rings. The average Bonchev–Trinajstić information content (AvgIpc) is 2.79. The molecule has 11 nitrogen and oxygen atoms in total. The van der Waals surface area contributed by atoms with Gasteiger partial charge in [0.25, 0.3) is 0 Å². The highest BCUT2D eigenvalue weighted by molar-refractivity contribution is 5.96. The number of hydrogen-bond acceptors (Lipinski definition) is 9. The van der Waals surface area contributed by atoms with Crippen molar-refractivity contribution in [2.24, 2.45) is 11.8 Å². The van der Waals surface area contributed by atoms with E-state index in [1.807, 2.05) is 6.07 Å². The molecule has 1 aromatic rings. The van der Waals surface area contributed by atoms with Gasteiger partial charge in [-0.2, -0.15) is 0 Å². The van der Waals surface area contributed by atoms with Crippen molar-refractivity contribution in [1.82, 2.24) is 10.6 Å². The predicted molar refractivity (Wildman–Crippen MR) is 105 cm³/mol. The van der Waals surface area contributed by atoms with E-state index in [0.717, 1.165) is 26.9 Å². The van der Waals surface area contributed by atoms with E-state index in [1.54, 1.807) is 24.3 Å². The van der Waals surface area contributed by atoms with Crippen LogP contribution in [0.15, 0.2) is 30.3 Å². The maximum Gasteiger partial charge on any atom is 0.407 e. The van der Waals surface area contributed by atoms with Gasteiger partial charge < -0.3 is 29.6 Å². The summed E-state index contributed by atoms with van der Waals surface area (Å²) in [7, 11) is 3.22. The molecule has 1 rings (SSSR count). The van der Waals surface area contributed by atoms with Crippen molar-refractivity contribution in [3.05, 3.63) is 35.9 Å². The number of benzene rings is 1. The van der Waals surface area contributed by atoms with Gasteiger partial charge in [-0.3, -0.25) is 14.4 Å². The molecule has 1 aromatic carbocycles. The van der Waals surface area contributed by atoms with Crippen LogP contribution in [0.25, 0.3) is 0 Å². The third-order valence-electron chi connectivity index (χ3n) is 4.34. The molecule has 0 aliphatic carbocycles. The zero-order valence-corrected chi connectivity index (χ0v) is 17.7. The number of esters is 3. The second-order valence-corrected chi connectivity index (χ2v) is 6.37. The van der Waals surface area contributed by atoms with Gasteiger partial charge in [-0.05, 0) is 5.56 Å². The predicted octanol–water partition coefficient (Wildman–Crippen LogP) is 0.169. The summed E-state index contributed by atoms with van der Waals surface area (Å²) in [6, 6.07) is 7.53.